The van der Waals surface area contributed by atoms with Crippen molar-refractivity contribution >= 4 is 24.8 Å². The fraction of sp³-hybridized carbons (Fsp3) is 0.389. The Morgan fingerprint density at radius 3 is 2.62 bits per heavy atom. The lowest BCUT2D eigenvalue weighted by Crippen LogP contribution is -2.59. The van der Waals surface area contributed by atoms with Crippen LogP contribution < -0.4 is 20.8 Å². The molecule has 1 aromatic carbocycles. The van der Waals surface area contributed by atoms with E-state index in [9.17, 15) is 0 Å². The highest BCUT2D eigenvalue weighted by Gasteiger charge is 2.32. The zero-order chi connectivity index (χ0) is 17.1. The monoisotopic (exact) mass is 322 g/mol. The molecule has 2 N–H and O–H groups in total. The van der Waals surface area contributed by atoms with Crippen LogP contribution in [-0.2, 0) is 6.54 Å². The Labute approximate surface area is 144 Å². The Balaban J connectivity index is 1.60. The summed E-state index contributed by atoms with van der Waals surface area (Å²) in [6.45, 7) is 6.01. The van der Waals surface area contributed by atoms with Gasteiger partial charge < -0.3 is 15.4 Å². The predicted octanol–water partition coefficient (Wildman–Crippen LogP) is 1.18. The van der Waals surface area contributed by atoms with E-state index in [1.54, 1.807) is 19.4 Å². The number of aromatic nitrogens is 1. The number of nitrogen functional groups attached to an aromatic ring is 1. The molecule has 0 spiro atoms. The summed E-state index contributed by atoms with van der Waals surface area (Å²) in [4.78, 5) is 9.05. The smallest absolute Gasteiger partial charge is 0.151 e. The molecule has 1 fully saturated rings. The quantitative estimate of drug-likeness (QED) is 0.810. The van der Waals surface area contributed by atoms with E-state index in [1.807, 2.05) is 12.1 Å². The molecule has 0 saturated carbocycles. The van der Waals surface area contributed by atoms with Crippen molar-refractivity contribution in [2.75, 3.05) is 37.4 Å². The second kappa shape index (κ2) is 7.13. The van der Waals surface area contributed by atoms with Crippen molar-refractivity contribution < 1.29 is 4.74 Å². The molecule has 24 heavy (non-hydrogen) atoms. The first-order valence-corrected chi connectivity index (χ1v) is 8.23. The third-order valence-corrected chi connectivity index (χ3v) is 4.55. The highest BCUT2D eigenvalue weighted by atomic mass is 16.5. The molecule has 0 bridgehead atoms. The molecule has 1 aromatic heterocycles. The Morgan fingerprint density at radius 2 is 2.04 bits per heavy atom. The lowest BCUT2D eigenvalue weighted by atomic mass is 9.98. The van der Waals surface area contributed by atoms with Crippen LogP contribution in [0.4, 0.5) is 11.5 Å². The van der Waals surface area contributed by atoms with Gasteiger partial charge in [-0.3, -0.25) is 4.90 Å². The first kappa shape index (κ1) is 16.6. The summed E-state index contributed by atoms with van der Waals surface area (Å²) in [6, 6.07) is 10.5. The molecule has 0 atom stereocenters. The van der Waals surface area contributed by atoms with Gasteiger partial charge in [0, 0.05) is 31.9 Å². The second-order valence-electron chi connectivity index (χ2n) is 6.15. The number of hydrogen-bond acceptors (Lipinski definition) is 5. The average molecular weight is 322 g/mol. The van der Waals surface area contributed by atoms with Gasteiger partial charge in [-0.15, -0.1) is 0 Å². The zero-order valence-electron chi connectivity index (χ0n) is 14.3. The fourth-order valence-corrected chi connectivity index (χ4v) is 3.08. The van der Waals surface area contributed by atoms with Gasteiger partial charge in [-0.2, -0.15) is 0 Å². The van der Waals surface area contributed by atoms with E-state index in [-0.39, 0.29) is 0 Å². The molecule has 1 aliphatic heterocycles. The van der Waals surface area contributed by atoms with Crippen molar-refractivity contribution in [2.45, 2.75) is 19.5 Å². The maximum absolute atomic E-state index is 6.03. The van der Waals surface area contributed by atoms with Gasteiger partial charge in [-0.25, -0.2) is 4.98 Å². The number of pyridine rings is 1. The number of likely N-dealkylation sites (N-methyl/N-ethyl adjacent to an activating group) is 1. The van der Waals surface area contributed by atoms with Gasteiger partial charge in [0.2, 0.25) is 0 Å². The Hall–Kier alpha value is -2.21. The third kappa shape index (κ3) is 3.48. The molecule has 1 aliphatic rings. The number of anilines is 2. The molecule has 2 radical (unpaired) electrons. The summed E-state index contributed by atoms with van der Waals surface area (Å²) >= 11 is 0. The first-order valence-electron chi connectivity index (χ1n) is 8.23. The molecule has 2 heterocycles. The predicted molar refractivity (Wildman–Crippen MR) is 99.1 cm³/mol. The molecule has 124 valence electrons. The largest absolute Gasteiger partial charge is 0.497 e. The highest BCUT2D eigenvalue weighted by Crippen LogP contribution is 2.27. The molecule has 0 amide bonds. The Kier molecular flexibility index (Phi) is 4.95. The van der Waals surface area contributed by atoms with E-state index in [2.05, 4.69) is 33.8 Å². The minimum Gasteiger partial charge on any atom is -0.497 e. The number of benzene rings is 1. The maximum atomic E-state index is 6.03. The van der Waals surface area contributed by atoms with Gasteiger partial charge in [-0.1, -0.05) is 24.5 Å². The van der Waals surface area contributed by atoms with Crippen LogP contribution in [0.15, 0.2) is 36.5 Å². The number of nitrogens with two attached hydrogens (primary N) is 1. The minimum atomic E-state index is 0.510. The van der Waals surface area contributed by atoms with Crippen LogP contribution in [0.25, 0.3) is 0 Å². The Bertz CT molecular complexity index is 686. The second-order valence-corrected chi connectivity index (χ2v) is 6.15. The Morgan fingerprint density at radius 1 is 1.33 bits per heavy atom. The average Bonchev–Trinajstić information content (AvgIpc) is 2.55. The fourth-order valence-electron chi connectivity index (χ4n) is 3.08. The van der Waals surface area contributed by atoms with Gasteiger partial charge in [-0.05, 0) is 30.3 Å². The standard InChI is InChI=1S/C18H23BN4O/c1-3-22(10-13-4-6-16(24-2)7-5-13)15-11-23(12-15)18-17(20)8-14(19)9-21-18/h4-9,15H,3,10-12,20H2,1-2H3. The van der Waals surface area contributed by atoms with E-state index in [4.69, 9.17) is 18.3 Å². The summed E-state index contributed by atoms with van der Waals surface area (Å²) in [5.41, 5.74) is 8.56. The van der Waals surface area contributed by atoms with E-state index >= 15 is 0 Å². The summed E-state index contributed by atoms with van der Waals surface area (Å²) < 4.78 is 5.21. The van der Waals surface area contributed by atoms with Gasteiger partial charge >= 0.3 is 0 Å². The summed E-state index contributed by atoms with van der Waals surface area (Å²) in [5.74, 6) is 1.72. The van der Waals surface area contributed by atoms with Crippen LogP contribution in [-0.4, -0.2) is 50.5 Å². The number of ether oxygens (including phenoxy) is 1. The van der Waals surface area contributed by atoms with E-state index in [0.29, 0.717) is 17.2 Å². The van der Waals surface area contributed by atoms with Crippen LogP contribution in [0.3, 0.4) is 0 Å². The van der Waals surface area contributed by atoms with E-state index in [1.165, 1.54) is 5.56 Å². The molecule has 6 heteroatoms. The van der Waals surface area contributed by atoms with Crippen LogP contribution >= 0.6 is 0 Å². The topological polar surface area (TPSA) is 54.6 Å². The van der Waals surface area contributed by atoms with Crippen molar-refractivity contribution in [3.05, 3.63) is 42.1 Å². The van der Waals surface area contributed by atoms with Crippen LogP contribution in [0, 0.1) is 0 Å². The van der Waals surface area contributed by atoms with Crippen molar-refractivity contribution in [1.82, 2.24) is 9.88 Å². The van der Waals surface area contributed by atoms with E-state index < -0.39 is 0 Å². The number of nitrogens with zero attached hydrogens (tertiary/aromatic N) is 3. The normalized spacial score (nSPS) is 14.7. The van der Waals surface area contributed by atoms with E-state index in [0.717, 1.165) is 37.7 Å². The van der Waals surface area contributed by atoms with Crippen LogP contribution in [0.5, 0.6) is 5.75 Å². The maximum Gasteiger partial charge on any atom is 0.151 e. The third-order valence-electron chi connectivity index (χ3n) is 4.55. The molecule has 5 nitrogen and oxygen atoms in total. The molecular formula is C18H23BN4O. The summed E-state index contributed by atoms with van der Waals surface area (Å²) in [7, 11) is 7.40. The highest BCUT2D eigenvalue weighted by molar-refractivity contribution is 6.32. The molecule has 1 saturated heterocycles. The lowest BCUT2D eigenvalue weighted by Gasteiger charge is -2.46. The van der Waals surface area contributed by atoms with Crippen LogP contribution in [0.1, 0.15) is 12.5 Å². The number of methoxy groups -OCH3 is 1. The molecule has 0 aliphatic carbocycles. The first-order chi connectivity index (χ1) is 11.6. The molecular weight excluding hydrogens is 299 g/mol. The zero-order valence-corrected chi connectivity index (χ0v) is 14.3. The summed E-state index contributed by atoms with van der Waals surface area (Å²) in [5, 5.41) is 0. The SMILES string of the molecule is [B]c1cnc(N2CC(N(CC)Cc3ccc(OC)cc3)C2)c(N)c1. The lowest BCUT2D eigenvalue weighted by molar-refractivity contribution is 0.166. The van der Waals surface area contributed by atoms with Crippen molar-refractivity contribution in [1.29, 1.82) is 0 Å². The van der Waals surface area contributed by atoms with Gasteiger partial charge in [0.05, 0.1) is 12.8 Å². The van der Waals surface area contributed by atoms with Gasteiger partial charge in [0.15, 0.2) is 5.82 Å². The summed E-state index contributed by atoms with van der Waals surface area (Å²) in [6.07, 6.45) is 1.66. The van der Waals surface area contributed by atoms with Crippen molar-refractivity contribution in [3.63, 3.8) is 0 Å². The van der Waals surface area contributed by atoms with Gasteiger partial charge in [0.25, 0.3) is 0 Å². The number of rotatable bonds is 6. The van der Waals surface area contributed by atoms with Gasteiger partial charge in [0.1, 0.15) is 13.6 Å². The number of hydrogen-bond donors (Lipinski definition) is 1. The van der Waals surface area contributed by atoms with Crippen LogP contribution in [0.2, 0.25) is 0 Å². The molecule has 3 rings (SSSR count). The van der Waals surface area contributed by atoms with Crippen molar-refractivity contribution in [3.8, 4) is 5.75 Å². The molecule has 2 aromatic rings. The molecule has 0 unspecified atom stereocenters. The minimum absolute atomic E-state index is 0.510. The van der Waals surface area contributed by atoms with Crippen molar-refractivity contribution in [2.24, 2.45) is 0 Å².